The van der Waals surface area contributed by atoms with Gasteiger partial charge in [-0.2, -0.15) is 5.10 Å². The highest BCUT2D eigenvalue weighted by atomic mass is 15.5. The lowest BCUT2D eigenvalue weighted by Crippen LogP contribution is -2.56. The minimum absolute atomic E-state index is 0.217. The number of fused-ring (bicyclic) bond motifs is 2. The first-order valence-electron chi connectivity index (χ1n) is 8.83. The van der Waals surface area contributed by atoms with Crippen LogP contribution in [0.5, 0.6) is 0 Å². The van der Waals surface area contributed by atoms with Crippen molar-refractivity contribution in [2.75, 3.05) is 23.8 Å². The van der Waals surface area contributed by atoms with Crippen molar-refractivity contribution in [2.24, 2.45) is 11.0 Å². The van der Waals surface area contributed by atoms with Crippen molar-refractivity contribution in [1.82, 2.24) is 4.90 Å². The highest BCUT2D eigenvalue weighted by Crippen LogP contribution is 2.45. The maximum absolute atomic E-state index is 6.08. The van der Waals surface area contributed by atoms with E-state index in [2.05, 4.69) is 58.4 Å². The highest BCUT2D eigenvalue weighted by molar-refractivity contribution is 5.97. The third-order valence-corrected chi connectivity index (χ3v) is 5.70. The lowest BCUT2D eigenvalue weighted by Gasteiger charge is -2.46. The topological polar surface area (TPSA) is 44.9 Å². The Bertz CT molecular complexity index is 777. The van der Waals surface area contributed by atoms with Gasteiger partial charge in [0.15, 0.2) is 0 Å². The fourth-order valence-electron chi connectivity index (χ4n) is 4.59. The number of nitrogens with zero attached hydrogens (tertiary/aromatic N) is 3. The summed E-state index contributed by atoms with van der Waals surface area (Å²) in [6, 6.07) is 19.5. The third kappa shape index (κ3) is 2.06. The van der Waals surface area contributed by atoms with Crippen molar-refractivity contribution in [3.8, 4) is 0 Å². The molecule has 4 aliphatic heterocycles. The number of benzene rings is 2. The van der Waals surface area contributed by atoms with Crippen LogP contribution in [0.1, 0.15) is 24.4 Å². The minimum Gasteiger partial charge on any atom is -0.399 e. The zero-order valence-corrected chi connectivity index (χ0v) is 13.7. The van der Waals surface area contributed by atoms with Crippen molar-refractivity contribution in [1.29, 1.82) is 0 Å². The van der Waals surface area contributed by atoms with E-state index in [0.717, 1.165) is 11.4 Å². The molecule has 2 N–H and O–H groups in total. The number of hydrogen-bond acceptors (Lipinski definition) is 4. The molecule has 2 aromatic rings. The van der Waals surface area contributed by atoms with E-state index in [-0.39, 0.29) is 6.04 Å². The van der Waals surface area contributed by atoms with Crippen molar-refractivity contribution >= 4 is 17.1 Å². The first kappa shape index (κ1) is 14.1. The van der Waals surface area contributed by atoms with Crippen LogP contribution in [0, 0.1) is 5.92 Å². The summed E-state index contributed by atoms with van der Waals surface area (Å²) < 4.78 is 0. The normalized spacial score (nSPS) is 31.0. The van der Waals surface area contributed by atoms with Crippen LogP contribution in [0.3, 0.4) is 0 Å². The molecular weight excluding hydrogens is 296 g/mol. The van der Waals surface area contributed by atoms with Crippen LogP contribution >= 0.6 is 0 Å². The molecule has 4 heterocycles. The van der Waals surface area contributed by atoms with Crippen LogP contribution in [-0.4, -0.2) is 29.7 Å². The number of para-hydroxylation sites is 1. The minimum atomic E-state index is 0.217. The maximum Gasteiger partial charge on any atom is 0.0985 e. The quantitative estimate of drug-likeness (QED) is 0.864. The van der Waals surface area contributed by atoms with Gasteiger partial charge in [0, 0.05) is 11.6 Å². The second-order valence-electron chi connectivity index (χ2n) is 7.08. The first-order valence-corrected chi connectivity index (χ1v) is 8.83. The van der Waals surface area contributed by atoms with Gasteiger partial charge in [0.25, 0.3) is 0 Å². The molecule has 3 saturated heterocycles. The SMILES string of the molecule is Nc1cccc(C2C3C(=NN2c2ccccc2)C2CCN3CC2)c1. The molecule has 4 nitrogen and oxygen atoms in total. The molecule has 2 aromatic carbocycles. The van der Waals surface area contributed by atoms with E-state index in [9.17, 15) is 0 Å². The van der Waals surface area contributed by atoms with E-state index in [4.69, 9.17) is 10.8 Å². The second kappa shape index (κ2) is 5.35. The van der Waals surface area contributed by atoms with E-state index in [1.807, 2.05) is 6.07 Å². The zero-order chi connectivity index (χ0) is 16.1. The van der Waals surface area contributed by atoms with E-state index >= 15 is 0 Å². The van der Waals surface area contributed by atoms with Gasteiger partial charge in [-0.05, 0) is 55.8 Å². The molecule has 2 atom stereocenters. The molecule has 0 aliphatic carbocycles. The monoisotopic (exact) mass is 318 g/mol. The second-order valence-corrected chi connectivity index (χ2v) is 7.08. The Kier molecular flexibility index (Phi) is 3.13. The molecule has 2 unspecified atom stereocenters. The van der Waals surface area contributed by atoms with Gasteiger partial charge >= 0.3 is 0 Å². The third-order valence-electron chi connectivity index (χ3n) is 5.70. The van der Waals surface area contributed by atoms with Gasteiger partial charge in [-0.3, -0.25) is 9.91 Å². The van der Waals surface area contributed by atoms with E-state index in [1.54, 1.807) is 0 Å². The highest BCUT2D eigenvalue weighted by Gasteiger charge is 2.49. The predicted molar refractivity (Wildman–Crippen MR) is 98.0 cm³/mol. The van der Waals surface area contributed by atoms with Gasteiger partial charge in [0.1, 0.15) is 0 Å². The summed E-state index contributed by atoms with van der Waals surface area (Å²) in [5.41, 5.74) is 10.7. The molecule has 24 heavy (non-hydrogen) atoms. The molecule has 0 amide bonds. The fourth-order valence-corrected chi connectivity index (χ4v) is 4.59. The number of hydrogen-bond donors (Lipinski definition) is 1. The summed E-state index contributed by atoms with van der Waals surface area (Å²) >= 11 is 0. The van der Waals surface area contributed by atoms with Crippen molar-refractivity contribution < 1.29 is 0 Å². The lowest BCUT2D eigenvalue weighted by molar-refractivity contribution is 0.137. The first-order chi connectivity index (χ1) is 11.8. The molecule has 3 fully saturated rings. The maximum atomic E-state index is 6.08. The van der Waals surface area contributed by atoms with Crippen LogP contribution < -0.4 is 10.7 Å². The zero-order valence-electron chi connectivity index (χ0n) is 13.7. The smallest absolute Gasteiger partial charge is 0.0985 e. The van der Waals surface area contributed by atoms with Crippen LogP contribution in [0.25, 0.3) is 0 Å². The van der Waals surface area contributed by atoms with Gasteiger partial charge < -0.3 is 5.73 Å². The Hall–Kier alpha value is -2.33. The number of hydrazone groups is 1. The van der Waals surface area contributed by atoms with E-state index in [0.29, 0.717) is 12.0 Å². The van der Waals surface area contributed by atoms with Crippen molar-refractivity contribution in [3.63, 3.8) is 0 Å². The van der Waals surface area contributed by atoms with Gasteiger partial charge in [-0.1, -0.05) is 30.3 Å². The number of anilines is 2. The molecule has 0 saturated carbocycles. The molecular formula is C20H22N4. The number of nitrogen functional groups attached to an aromatic ring is 1. The van der Waals surface area contributed by atoms with Crippen LogP contribution in [0.15, 0.2) is 59.7 Å². The number of nitrogens with two attached hydrogens (primary N) is 1. The molecule has 6 rings (SSSR count). The van der Waals surface area contributed by atoms with Crippen LogP contribution in [0.2, 0.25) is 0 Å². The number of rotatable bonds is 2. The van der Waals surface area contributed by atoms with Gasteiger partial charge in [-0.25, -0.2) is 0 Å². The molecule has 0 radical (unpaired) electrons. The summed E-state index contributed by atoms with van der Waals surface area (Å²) in [4.78, 5) is 2.62. The fraction of sp³-hybridized carbons (Fsp3) is 0.350. The standard InChI is InChI=1S/C20H22N4/c21-16-6-4-5-15(13-16)19-20-18(14-9-11-23(20)12-10-14)22-24(19)17-7-2-1-3-8-17/h1-8,13-14,19-20H,9-12,21H2. The van der Waals surface area contributed by atoms with Crippen LogP contribution in [-0.2, 0) is 0 Å². The van der Waals surface area contributed by atoms with Crippen molar-refractivity contribution in [3.05, 3.63) is 60.2 Å². The van der Waals surface area contributed by atoms with Gasteiger partial charge in [-0.15, -0.1) is 0 Å². The average Bonchev–Trinajstić information content (AvgIpc) is 3.06. The van der Waals surface area contributed by atoms with Gasteiger partial charge in [0.2, 0.25) is 0 Å². The largest absolute Gasteiger partial charge is 0.399 e. The Morgan fingerprint density at radius 3 is 2.46 bits per heavy atom. The summed E-state index contributed by atoms with van der Waals surface area (Å²) in [5, 5.41) is 7.35. The molecule has 122 valence electrons. The Morgan fingerprint density at radius 2 is 1.71 bits per heavy atom. The van der Waals surface area contributed by atoms with Crippen LogP contribution in [0.4, 0.5) is 11.4 Å². The summed E-state index contributed by atoms with van der Waals surface area (Å²) in [5.74, 6) is 0.650. The Labute approximate surface area is 142 Å². The molecule has 0 aromatic heterocycles. The molecule has 2 bridgehead atoms. The predicted octanol–water partition coefficient (Wildman–Crippen LogP) is 3.28. The molecule has 4 heteroatoms. The molecule has 0 spiro atoms. The summed E-state index contributed by atoms with van der Waals surface area (Å²) in [6.45, 7) is 2.38. The summed E-state index contributed by atoms with van der Waals surface area (Å²) in [7, 11) is 0. The Morgan fingerprint density at radius 1 is 0.917 bits per heavy atom. The van der Waals surface area contributed by atoms with Crippen molar-refractivity contribution in [2.45, 2.75) is 24.9 Å². The number of piperidine rings is 3. The van der Waals surface area contributed by atoms with Gasteiger partial charge in [0.05, 0.1) is 23.5 Å². The average molecular weight is 318 g/mol. The summed E-state index contributed by atoms with van der Waals surface area (Å²) in [6.07, 6.45) is 2.50. The Balaban J connectivity index is 1.64. The van der Waals surface area contributed by atoms with E-state index < -0.39 is 0 Å². The van der Waals surface area contributed by atoms with E-state index in [1.165, 1.54) is 37.2 Å². The molecule has 4 aliphatic rings. The lowest BCUT2D eigenvalue weighted by atomic mass is 9.78.